The van der Waals surface area contributed by atoms with Gasteiger partial charge in [-0.2, -0.15) is 0 Å². The average molecular weight is 404 g/mol. The zero-order valence-corrected chi connectivity index (χ0v) is 16.7. The average Bonchev–Trinajstić information content (AvgIpc) is 2.79. The zero-order chi connectivity index (χ0) is 21.1. The van der Waals surface area contributed by atoms with Crippen molar-refractivity contribution in [2.24, 2.45) is 0 Å². The van der Waals surface area contributed by atoms with E-state index in [0.717, 1.165) is 22.3 Å². The number of aliphatic hydroxyl groups excluding tert-OH is 2. The number of carbonyl (C=O) groups is 1. The van der Waals surface area contributed by atoms with Crippen LogP contribution in [0.25, 0.3) is 11.1 Å². The van der Waals surface area contributed by atoms with Crippen molar-refractivity contribution < 1.29 is 19.7 Å². The number of pyridine rings is 1. The molecule has 0 aliphatic carbocycles. The Morgan fingerprint density at radius 1 is 1.17 bits per heavy atom. The van der Waals surface area contributed by atoms with Crippen LogP contribution in [0.15, 0.2) is 67.0 Å². The number of carbonyl (C=O) groups excluding carboxylic acids is 1. The Bertz CT molecular complexity index is 1040. The first kappa shape index (κ1) is 20.1. The van der Waals surface area contributed by atoms with E-state index in [0.29, 0.717) is 11.3 Å². The smallest absolute Gasteiger partial charge is 0.251 e. The molecule has 154 valence electrons. The van der Waals surface area contributed by atoms with Gasteiger partial charge >= 0.3 is 0 Å². The minimum absolute atomic E-state index is 0.134. The maximum atomic E-state index is 12.9. The number of aromatic nitrogens is 1. The fraction of sp³-hybridized carbons (Fsp3) is 0.250. The Kier molecular flexibility index (Phi) is 5.79. The number of rotatable bonds is 6. The van der Waals surface area contributed by atoms with Crippen LogP contribution < -0.4 is 10.1 Å². The van der Waals surface area contributed by atoms with E-state index in [1.165, 1.54) is 0 Å². The normalized spacial score (nSPS) is 16.6. The van der Waals surface area contributed by atoms with Crippen LogP contribution in [-0.2, 0) is 0 Å². The van der Waals surface area contributed by atoms with Crippen LogP contribution in [0.3, 0.4) is 0 Å². The van der Waals surface area contributed by atoms with Crippen LogP contribution in [-0.4, -0.2) is 33.8 Å². The molecule has 1 aliphatic rings. The summed E-state index contributed by atoms with van der Waals surface area (Å²) in [6, 6.07) is 17.0. The lowest BCUT2D eigenvalue weighted by molar-refractivity contribution is 0.0488. The minimum Gasteiger partial charge on any atom is -0.483 e. The van der Waals surface area contributed by atoms with Crippen LogP contribution in [0.5, 0.6) is 5.75 Å². The number of fused-ring (bicyclic) bond motifs is 3. The molecule has 2 aromatic carbocycles. The fourth-order valence-corrected chi connectivity index (χ4v) is 3.73. The summed E-state index contributed by atoms with van der Waals surface area (Å²) in [5.41, 5.74) is 4.17. The maximum absolute atomic E-state index is 12.9. The first-order chi connectivity index (χ1) is 14.6. The maximum Gasteiger partial charge on any atom is 0.251 e. The van der Waals surface area contributed by atoms with Crippen molar-refractivity contribution in [1.29, 1.82) is 0 Å². The van der Waals surface area contributed by atoms with Crippen LogP contribution in [0.1, 0.15) is 47.0 Å². The highest BCUT2D eigenvalue weighted by atomic mass is 16.5. The lowest BCUT2D eigenvalue weighted by atomic mass is 9.89. The molecule has 6 heteroatoms. The van der Waals surface area contributed by atoms with Gasteiger partial charge in [0.1, 0.15) is 11.9 Å². The number of aliphatic hydroxyl groups is 2. The van der Waals surface area contributed by atoms with Crippen LogP contribution in [0.4, 0.5) is 0 Å². The molecule has 0 spiro atoms. The van der Waals surface area contributed by atoms with Crippen molar-refractivity contribution in [3.63, 3.8) is 0 Å². The molecule has 0 saturated carbocycles. The van der Waals surface area contributed by atoms with Crippen LogP contribution in [0.2, 0.25) is 0 Å². The molecule has 3 atom stereocenters. The Morgan fingerprint density at radius 2 is 1.97 bits per heavy atom. The molecular weight excluding hydrogens is 380 g/mol. The molecule has 2 heterocycles. The summed E-state index contributed by atoms with van der Waals surface area (Å²) in [5.74, 6) is 0.436. The topological polar surface area (TPSA) is 91.7 Å². The lowest BCUT2D eigenvalue weighted by Crippen LogP contribution is -2.27. The highest BCUT2D eigenvalue weighted by Gasteiger charge is 2.29. The third kappa shape index (κ3) is 4.06. The molecule has 3 aromatic rings. The molecule has 0 bridgehead atoms. The van der Waals surface area contributed by atoms with Gasteiger partial charge in [0.25, 0.3) is 5.91 Å². The first-order valence-corrected chi connectivity index (χ1v) is 9.96. The van der Waals surface area contributed by atoms with Crippen molar-refractivity contribution >= 4 is 5.91 Å². The quantitative estimate of drug-likeness (QED) is 0.586. The van der Waals surface area contributed by atoms with Crippen molar-refractivity contribution in [2.75, 3.05) is 6.61 Å². The first-order valence-electron chi connectivity index (χ1n) is 9.96. The van der Waals surface area contributed by atoms with E-state index in [2.05, 4.69) is 10.3 Å². The number of amides is 1. The van der Waals surface area contributed by atoms with Gasteiger partial charge in [0.2, 0.25) is 0 Å². The molecule has 0 saturated heterocycles. The van der Waals surface area contributed by atoms with E-state index in [-0.39, 0.29) is 25.0 Å². The van der Waals surface area contributed by atoms with E-state index < -0.39 is 12.2 Å². The van der Waals surface area contributed by atoms with Gasteiger partial charge < -0.3 is 20.3 Å². The van der Waals surface area contributed by atoms with Gasteiger partial charge in [-0.3, -0.25) is 9.78 Å². The summed E-state index contributed by atoms with van der Waals surface area (Å²) in [6.45, 7) is 1.59. The SMILES string of the molecule is CC(NC(=O)c1ccc2c(c1)C(CC(O)CO)Oc1cnccc1-2)c1ccccc1. The Morgan fingerprint density at radius 3 is 2.73 bits per heavy atom. The van der Waals surface area contributed by atoms with E-state index in [1.54, 1.807) is 24.5 Å². The number of nitrogens with one attached hydrogen (secondary N) is 1. The summed E-state index contributed by atoms with van der Waals surface area (Å²) in [4.78, 5) is 17.0. The Hall–Kier alpha value is -3.22. The number of hydrogen-bond donors (Lipinski definition) is 3. The molecular formula is C24H24N2O4. The van der Waals surface area contributed by atoms with Crippen molar-refractivity contribution in [3.8, 4) is 16.9 Å². The van der Waals surface area contributed by atoms with E-state index in [9.17, 15) is 15.0 Å². The molecule has 6 nitrogen and oxygen atoms in total. The highest BCUT2D eigenvalue weighted by Crippen LogP contribution is 2.43. The summed E-state index contributed by atoms with van der Waals surface area (Å²) < 4.78 is 6.05. The van der Waals surface area contributed by atoms with Gasteiger partial charge in [-0.05, 0) is 36.2 Å². The van der Waals surface area contributed by atoms with Gasteiger partial charge in [0, 0.05) is 29.3 Å². The number of nitrogens with zero attached hydrogens (tertiary/aromatic N) is 1. The van der Waals surface area contributed by atoms with Crippen LogP contribution >= 0.6 is 0 Å². The summed E-state index contributed by atoms with van der Waals surface area (Å²) in [5, 5.41) is 22.3. The van der Waals surface area contributed by atoms with Crippen molar-refractivity contribution in [1.82, 2.24) is 10.3 Å². The van der Waals surface area contributed by atoms with Crippen LogP contribution in [0, 0.1) is 0 Å². The fourth-order valence-electron chi connectivity index (χ4n) is 3.73. The Balaban J connectivity index is 1.64. The molecule has 4 rings (SSSR count). The third-order valence-electron chi connectivity index (χ3n) is 5.35. The predicted molar refractivity (Wildman–Crippen MR) is 113 cm³/mol. The molecule has 1 aliphatic heterocycles. The summed E-state index contributed by atoms with van der Waals surface area (Å²) >= 11 is 0. The van der Waals surface area contributed by atoms with E-state index in [1.807, 2.05) is 49.4 Å². The monoisotopic (exact) mass is 404 g/mol. The number of ether oxygens (including phenoxy) is 1. The van der Waals surface area contributed by atoms with E-state index >= 15 is 0 Å². The van der Waals surface area contributed by atoms with E-state index in [4.69, 9.17) is 4.74 Å². The Labute approximate surface area is 175 Å². The molecule has 30 heavy (non-hydrogen) atoms. The van der Waals surface area contributed by atoms with Crippen molar-refractivity contribution in [3.05, 3.63) is 83.7 Å². The predicted octanol–water partition coefficient (Wildman–Crippen LogP) is 3.42. The van der Waals surface area contributed by atoms with Gasteiger partial charge in [-0.1, -0.05) is 36.4 Å². The van der Waals surface area contributed by atoms with Crippen molar-refractivity contribution in [2.45, 2.75) is 31.6 Å². The van der Waals surface area contributed by atoms with Gasteiger partial charge in [0.05, 0.1) is 24.9 Å². The molecule has 1 aromatic heterocycles. The summed E-state index contributed by atoms with van der Waals surface area (Å²) in [7, 11) is 0. The molecule has 3 N–H and O–H groups in total. The highest BCUT2D eigenvalue weighted by molar-refractivity contribution is 5.95. The molecule has 0 fully saturated rings. The minimum atomic E-state index is -0.920. The molecule has 0 radical (unpaired) electrons. The lowest BCUT2D eigenvalue weighted by Gasteiger charge is -2.30. The third-order valence-corrected chi connectivity index (χ3v) is 5.35. The molecule has 3 unspecified atom stereocenters. The summed E-state index contributed by atoms with van der Waals surface area (Å²) in [6.07, 6.45) is 2.13. The molecule has 1 amide bonds. The van der Waals surface area contributed by atoms with Gasteiger partial charge in [-0.25, -0.2) is 0 Å². The second-order valence-electron chi connectivity index (χ2n) is 7.46. The van der Waals surface area contributed by atoms with Gasteiger partial charge in [0.15, 0.2) is 0 Å². The number of hydrogen-bond acceptors (Lipinski definition) is 5. The zero-order valence-electron chi connectivity index (χ0n) is 16.7. The number of benzene rings is 2. The second-order valence-corrected chi connectivity index (χ2v) is 7.46. The standard InChI is InChI=1S/C24H24N2O4/c1-15(16-5-3-2-4-6-16)26-24(29)17-7-8-19-20-9-10-25-13-23(20)30-22(21(19)11-17)12-18(28)14-27/h2-11,13,15,18,22,27-28H,12,14H2,1H3,(H,26,29). The largest absolute Gasteiger partial charge is 0.483 e. The van der Waals surface area contributed by atoms with Gasteiger partial charge in [-0.15, -0.1) is 0 Å². The second kappa shape index (κ2) is 8.65.